The van der Waals surface area contributed by atoms with Crippen molar-refractivity contribution in [3.8, 4) is 5.75 Å². The van der Waals surface area contributed by atoms with Crippen LogP contribution >= 0.6 is 15.9 Å². The largest absolute Gasteiger partial charge is 0.490 e. The molecule has 1 unspecified atom stereocenters. The summed E-state index contributed by atoms with van der Waals surface area (Å²) in [5.41, 5.74) is 1.14. The van der Waals surface area contributed by atoms with E-state index < -0.39 is 0 Å². The number of ether oxygens (including phenoxy) is 2. The van der Waals surface area contributed by atoms with Gasteiger partial charge in [-0.25, -0.2) is 4.79 Å². The molecule has 1 aromatic rings. The maximum absolute atomic E-state index is 10.9. The third-order valence-electron chi connectivity index (χ3n) is 2.77. The molecule has 0 saturated carbocycles. The molecule has 19 heavy (non-hydrogen) atoms. The third-order valence-corrected chi connectivity index (χ3v) is 3.54. The average Bonchev–Trinajstić information content (AvgIpc) is 2.82. The van der Waals surface area contributed by atoms with Gasteiger partial charge in [0.05, 0.1) is 6.54 Å². The fourth-order valence-corrected chi connectivity index (χ4v) is 2.14. The van der Waals surface area contributed by atoms with Gasteiger partial charge in [0.2, 0.25) is 0 Å². The van der Waals surface area contributed by atoms with Crippen LogP contribution in [-0.2, 0) is 11.3 Å². The SMILES string of the molecule is CCNCc1cc(OCC2CNC(=O)O2)ccc1Br. The lowest BCUT2D eigenvalue weighted by Crippen LogP contribution is -2.22. The molecular weight excluding hydrogens is 312 g/mol. The lowest BCUT2D eigenvalue weighted by molar-refractivity contribution is 0.105. The monoisotopic (exact) mass is 328 g/mol. The van der Waals surface area contributed by atoms with E-state index >= 15 is 0 Å². The summed E-state index contributed by atoms with van der Waals surface area (Å²) in [4.78, 5) is 10.9. The number of hydrogen-bond acceptors (Lipinski definition) is 4. The van der Waals surface area contributed by atoms with Crippen molar-refractivity contribution in [3.63, 3.8) is 0 Å². The Hall–Kier alpha value is -1.27. The minimum atomic E-state index is -0.378. The number of cyclic esters (lactones) is 1. The van der Waals surface area contributed by atoms with E-state index in [0.29, 0.717) is 13.2 Å². The van der Waals surface area contributed by atoms with Crippen LogP contribution in [0.25, 0.3) is 0 Å². The average molecular weight is 329 g/mol. The molecule has 1 aliphatic rings. The minimum absolute atomic E-state index is 0.214. The number of benzene rings is 1. The van der Waals surface area contributed by atoms with Gasteiger partial charge >= 0.3 is 6.09 Å². The summed E-state index contributed by atoms with van der Waals surface area (Å²) >= 11 is 3.51. The molecule has 1 aliphatic heterocycles. The van der Waals surface area contributed by atoms with Crippen molar-refractivity contribution in [1.82, 2.24) is 10.6 Å². The van der Waals surface area contributed by atoms with Gasteiger partial charge in [-0.2, -0.15) is 0 Å². The molecule has 2 N–H and O–H groups in total. The zero-order valence-electron chi connectivity index (χ0n) is 10.7. The second-order valence-electron chi connectivity index (χ2n) is 4.25. The van der Waals surface area contributed by atoms with Gasteiger partial charge in [0, 0.05) is 11.0 Å². The quantitative estimate of drug-likeness (QED) is 0.839. The molecule has 0 aromatic heterocycles. The van der Waals surface area contributed by atoms with E-state index in [4.69, 9.17) is 9.47 Å². The standard InChI is InChI=1S/C13H17BrN2O3/c1-2-15-6-9-5-10(3-4-12(9)14)18-8-11-7-16-13(17)19-11/h3-5,11,15H,2,6-8H2,1H3,(H,16,17). The lowest BCUT2D eigenvalue weighted by atomic mass is 10.2. The molecule has 2 rings (SSSR count). The number of alkyl carbamates (subject to hydrolysis) is 1. The van der Waals surface area contributed by atoms with Crippen LogP contribution in [0.2, 0.25) is 0 Å². The van der Waals surface area contributed by atoms with Crippen molar-refractivity contribution in [2.45, 2.75) is 19.6 Å². The molecule has 1 aromatic carbocycles. The molecule has 5 nitrogen and oxygen atoms in total. The van der Waals surface area contributed by atoms with Gasteiger partial charge in [0.1, 0.15) is 12.4 Å². The summed E-state index contributed by atoms with van der Waals surface area (Å²) in [5, 5.41) is 5.87. The van der Waals surface area contributed by atoms with Crippen LogP contribution in [0.5, 0.6) is 5.75 Å². The highest BCUT2D eigenvalue weighted by atomic mass is 79.9. The number of nitrogens with one attached hydrogen (secondary N) is 2. The van der Waals surface area contributed by atoms with Crippen LogP contribution in [0.4, 0.5) is 4.79 Å². The zero-order valence-corrected chi connectivity index (χ0v) is 12.3. The first-order valence-corrected chi connectivity index (χ1v) is 7.04. The number of carbonyl (C=O) groups is 1. The van der Waals surface area contributed by atoms with E-state index in [1.54, 1.807) is 0 Å². The Morgan fingerprint density at radius 2 is 2.42 bits per heavy atom. The summed E-state index contributed by atoms with van der Waals surface area (Å²) in [5.74, 6) is 0.777. The fourth-order valence-electron chi connectivity index (χ4n) is 1.75. The van der Waals surface area contributed by atoms with Crippen molar-refractivity contribution in [1.29, 1.82) is 0 Å². The Bertz CT molecular complexity index is 454. The van der Waals surface area contributed by atoms with Crippen LogP contribution in [0.3, 0.4) is 0 Å². The molecule has 0 radical (unpaired) electrons. The second kappa shape index (κ2) is 6.77. The molecule has 1 atom stereocenters. The molecule has 1 amide bonds. The van der Waals surface area contributed by atoms with Crippen molar-refractivity contribution in [2.24, 2.45) is 0 Å². The molecule has 1 saturated heterocycles. The number of rotatable bonds is 6. The molecular formula is C13H17BrN2O3. The van der Waals surface area contributed by atoms with Gasteiger partial charge in [-0.1, -0.05) is 22.9 Å². The van der Waals surface area contributed by atoms with Gasteiger partial charge in [-0.05, 0) is 30.3 Å². The van der Waals surface area contributed by atoms with Crippen LogP contribution in [0.1, 0.15) is 12.5 Å². The van der Waals surface area contributed by atoms with Crippen molar-refractivity contribution in [2.75, 3.05) is 19.7 Å². The first-order valence-electron chi connectivity index (χ1n) is 6.25. The third kappa shape index (κ3) is 4.11. The second-order valence-corrected chi connectivity index (χ2v) is 5.11. The van der Waals surface area contributed by atoms with Gasteiger partial charge < -0.3 is 20.1 Å². The fraction of sp³-hybridized carbons (Fsp3) is 0.462. The minimum Gasteiger partial charge on any atom is -0.490 e. The van der Waals surface area contributed by atoms with Crippen LogP contribution in [-0.4, -0.2) is 31.9 Å². The molecule has 104 valence electrons. The molecule has 1 fully saturated rings. The van der Waals surface area contributed by atoms with E-state index in [9.17, 15) is 4.79 Å². The van der Waals surface area contributed by atoms with Gasteiger partial charge in [-0.15, -0.1) is 0 Å². The van der Waals surface area contributed by atoms with Crippen LogP contribution in [0, 0.1) is 0 Å². The highest BCUT2D eigenvalue weighted by Crippen LogP contribution is 2.23. The van der Waals surface area contributed by atoms with E-state index in [-0.39, 0.29) is 12.2 Å². The Labute approximate surface area is 120 Å². The van der Waals surface area contributed by atoms with Crippen molar-refractivity contribution >= 4 is 22.0 Å². The Kier molecular flexibility index (Phi) is 5.04. The molecule has 0 aliphatic carbocycles. The predicted octanol–water partition coefficient (Wildman–Crippen LogP) is 2.05. The van der Waals surface area contributed by atoms with Crippen LogP contribution < -0.4 is 15.4 Å². The Balaban J connectivity index is 1.91. The van der Waals surface area contributed by atoms with Gasteiger partial charge in [-0.3, -0.25) is 0 Å². The molecule has 0 bridgehead atoms. The summed E-state index contributed by atoms with van der Waals surface area (Å²) in [6, 6.07) is 5.83. The first kappa shape index (κ1) is 14.1. The van der Waals surface area contributed by atoms with Gasteiger partial charge in [0.25, 0.3) is 0 Å². The van der Waals surface area contributed by atoms with E-state index in [1.807, 2.05) is 18.2 Å². The number of carbonyl (C=O) groups excluding carboxylic acids is 1. The van der Waals surface area contributed by atoms with Gasteiger partial charge in [0.15, 0.2) is 6.10 Å². The van der Waals surface area contributed by atoms with Crippen LogP contribution in [0.15, 0.2) is 22.7 Å². The number of halogens is 1. The zero-order chi connectivity index (χ0) is 13.7. The summed E-state index contributed by atoms with van der Waals surface area (Å²) in [6.45, 7) is 4.63. The molecule has 0 spiro atoms. The Morgan fingerprint density at radius 3 is 3.11 bits per heavy atom. The first-order chi connectivity index (χ1) is 9.19. The lowest BCUT2D eigenvalue weighted by Gasteiger charge is -2.12. The van der Waals surface area contributed by atoms with E-state index in [2.05, 4.69) is 33.5 Å². The van der Waals surface area contributed by atoms with E-state index in [0.717, 1.165) is 28.9 Å². The molecule has 6 heteroatoms. The maximum Gasteiger partial charge on any atom is 0.407 e. The number of hydrogen-bond donors (Lipinski definition) is 2. The number of amides is 1. The topological polar surface area (TPSA) is 59.6 Å². The van der Waals surface area contributed by atoms with Crippen molar-refractivity contribution < 1.29 is 14.3 Å². The van der Waals surface area contributed by atoms with E-state index in [1.165, 1.54) is 0 Å². The summed E-state index contributed by atoms with van der Waals surface area (Å²) < 4.78 is 11.7. The molecule has 1 heterocycles. The Morgan fingerprint density at radius 1 is 1.58 bits per heavy atom. The maximum atomic E-state index is 10.9. The summed E-state index contributed by atoms with van der Waals surface area (Å²) in [6.07, 6.45) is -0.592. The smallest absolute Gasteiger partial charge is 0.407 e. The van der Waals surface area contributed by atoms with Crippen molar-refractivity contribution in [3.05, 3.63) is 28.2 Å². The predicted molar refractivity (Wildman–Crippen MR) is 75.3 cm³/mol. The highest BCUT2D eigenvalue weighted by Gasteiger charge is 2.22. The normalized spacial score (nSPS) is 18.0. The highest BCUT2D eigenvalue weighted by molar-refractivity contribution is 9.10. The summed E-state index contributed by atoms with van der Waals surface area (Å²) in [7, 11) is 0.